The van der Waals surface area contributed by atoms with Crippen molar-refractivity contribution >= 4 is 21.9 Å². The van der Waals surface area contributed by atoms with Gasteiger partial charge in [0, 0.05) is 10.0 Å². The molecule has 3 rings (SSSR count). The van der Waals surface area contributed by atoms with Crippen molar-refractivity contribution < 1.29 is 19.2 Å². The third-order valence-electron chi connectivity index (χ3n) is 2.98. The first-order valence-corrected chi connectivity index (χ1v) is 7.46. The summed E-state index contributed by atoms with van der Waals surface area (Å²) in [5, 5.41) is 12.7. The number of nitrogens with zero attached hydrogens (tertiary/aromatic N) is 2. The second-order valence-corrected chi connectivity index (χ2v) is 5.53. The molecule has 0 saturated heterocycles. The quantitative estimate of drug-likeness (QED) is 0.733. The summed E-state index contributed by atoms with van der Waals surface area (Å²) in [5.41, 5.74) is 1.35. The number of carboxylic acid groups (broad SMARTS) is 1. The molecule has 0 spiro atoms. The van der Waals surface area contributed by atoms with Crippen LogP contribution in [0.3, 0.4) is 0 Å². The zero-order valence-electron chi connectivity index (χ0n) is 11.8. The Morgan fingerprint density at radius 2 is 2.00 bits per heavy atom. The molecule has 7 heteroatoms. The maximum atomic E-state index is 10.7. The minimum atomic E-state index is -1.06. The summed E-state index contributed by atoms with van der Waals surface area (Å²) < 4.78 is 11.4. The van der Waals surface area contributed by atoms with E-state index < -0.39 is 12.6 Å². The third-order valence-corrected chi connectivity index (χ3v) is 3.47. The first-order chi connectivity index (χ1) is 11.1. The van der Waals surface area contributed by atoms with Gasteiger partial charge in [-0.15, -0.1) is 0 Å². The van der Waals surface area contributed by atoms with Crippen molar-refractivity contribution in [2.75, 3.05) is 6.61 Å². The summed E-state index contributed by atoms with van der Waals surface area (Å²) in [6.45, 7) is -0.450. The van der Waals surface area contributed by atoms with Crippen LogP contribution in [0, 0.1) is 0 Å². The molecule has 0 fully saturated rings. The minimum Gasteiger partial charge on any atom is -0.481 e. The van der Waals surface area contributed by atoms with Gasteiger partial charge in [0.15, 0.2) is 6.61 Å². The molecule has 0 unspecified atom stereocenters. The molecular formula is C16H11BrN2O4. The standard InChI is InChI=1S/C16H11BrN2O4/c17-11-6-7-13(22-9-14(20)21)12(8-11)16-18-15(19-23-16)10-4-2-1-3-5-10/h1-8H,9H2,(H,20,21). The second kappa shape index (κ2) is 6.62. The Kier molecular flexibility index (Phi) is 4.38. The monoisotopic (exact) mass is 374 g/mol. The number of hydrogen-bond acceptors (Lipinski definition) is 5. The molecule has 116 valence electrons. The van der Waals surface area contributed by atoms with Crippen molar-refractivity contribution in [1.29, 1.82) is 0 Å². The molecule has 6 nitrogen and oxygen atoms in total. The van der Waals surface area contributed by atoms with Crippen LogP contribution in [0.1, 0.15) is 0 Å². The molecule has 3 aromatic rings. The van der Waals surface area contributed by atoms with E-state index >= 15 is 0 Å². The molecule has 0 aliphatic heterocycles. The van der Waals surface area contributed by atoms with E-state index in [4.69, 9.17) is 14.4 Å². The number of aliphatic carboxylic acids is 1. The highest BCUT2D eigenvalue weighted by Gasteiger charge is 2.16. The summed E-state index contributed by atoms with van der Waals surface area (Å²) in [6.07, 6.45) is 0. The zero-order chi connectivity index (χ0) is 16.2. The summed E-state index contributed by atoms with van der Waals surface area (Å²) in [4.78, 5) is 15.0. The first kappa shape index (κ1) is 15.2. The van der Waals surface area contributed by atoms with Crippen LogP contribution < -0.4 is 4.74 Å². The van der Waals surface area contributed by atoms with Gasteiger partial charge in [-0.05, 0) is 18.2 Å². The molecule has 1 N–H and O–H groups in total. The van der Waals surface area contributed by atoms with Gasteiger partial charge in [-0.25, -0.2) is 4.79 Å². The smallest absolute Gasteiger partial charge is 0.341 e. The van der Waals surface area contributed by atoms with Crippen LogP contribution >= 0.6 is 15.9 Å². The van der Waals surface area contributed by atoms with Crippen molar-refractivity contribution in [1.82, 2.24) is 10.1 Å². The fourth-order valence-corrected chi connectivity index (χ4v) is 2.33. The zero-order valence-corrected chi connectivity index (χ0v) is 13.4. The van der Waals surface area contributed by atoms with Gasteiger partial charge in [0.2, 0.25) is 5.82 Å². The summed E-state index contributed by atoms with van der Waals surface area (Å²) >= 11 is 3.36. The van der Waals surface area contributed by atoms with Crippen molar-refractivity contribution in [2.24, 2.45) is 0 Å². The van der Waals surface area contributed by atoms with E-state index in [0.29, 0.717) is 17.1 Å². The predicted molar refractivity (Wildman–Crippen MR) is 86.0 cm³/mol. The van der Waals surface area contributed by atoms with Gasteiger partial charge >= 0.3 is 5.97 Å². The molecule has 0 aliphatic rings. The number of hydrogen-bond donors (Lipinski definition) is 1. The van der Waals surface area contributed by atoms with Crippen molar-refractivity contribution in [2.45, 2.75) is 0 Å². The van der Waals surface area contributed by atoms with E-state index in [1.807, 2.05) is 30.3 Å². The maximum Gasteiger partial charge on any atom is 0.341 e. The average molecular weight is 375 g/mol. The number of aromatic nitrogens is 2. The highest BCUT2D eigenvalue weighted by Crippen LogP contribution is 2.32. The second-order valence-electron chi connectivity index (χ2n) is 4.61. The molecule has 0 atom stereocenters. The Labute approximate surface area is 139 Å². The van der Waals surface area contributed by atoms with Gasteiger partial charge in [-0.3, -0.25) is 0 Å². The fourth-order valence-electron chi connectivity index (χ4n) is 1.97. The molecule has 0 amide bonds. The van der Waals surface area contributed by atoms with Crippen molar-refractivity contribution in [3.05, 3.63) is 53.0 Å². The number of benzene rings is 2. The SMILES string of the molecule is O=C(O)COc1ccc(Br)cc1-c1nc(-c2ccccc2)no1. The molecule has 0 radical (unpaired) electrons. The number of carbonyl (C=O) groups is 1. The van der Waals surface area contributed by atoms with Crippen LogP contribution in [-0.2, 0) is 4.79 Å². The lowest BCUT2D eigenvalue weighted by Crippen LogP contribution is -2.10. The normalized spacial score (nSPS) is 10.5. The highest BCUT2D eigenvalue weighted by molar-refractivity contribution is 9.10. The summed E-state index contributed by atoms with van der Waals surface area (Å²) in [5.74, 6) is 0.00327. The van der Waals surface area contributed by atoms with Gasteiger partial charge in [0.05, 0.1) is 5.56 Å². The van der Waals surface area contributed by atoms with Gasteiger partial charge in [-0.1, -0.05) is 51.4 Å². The first-order valence-electron chi connectivity index (χ1n) is 6.67. The largest absolute Gasteiger partial charge is 0.481 e. The Morgan fingerprint density at radius 3 is 2.74 bits per heavy atom. The average Bonchev–Trinajstić information content (AvgIpc) is 3.04. The molecular weight excluding hydrogens is 364 g/mol. The number of rotatable bonds is 5. The van der Waals surface area contributed by atoms with Crippen molar-refractivity contribution in [3.8, 4) is 28.6 Å². The van der Waals surface area contributed by atoms with Gasteiger partial charge < -0.3 is 14.4 Å². The Balaban J connectivity index is 1.96. The molecule has 0 aliphatic carbocycles. The molecule has 23 heavy (non-hydrogen) atoms. The van der Waals surface area contributed by atoms with E-state index in [0.717, 1.165) is 10.0 Å². The summed E-state index contributed by atoms with van der Waals surface area (Å²) in [6, 6.07) is 14.5. The lowest BCUT2D eigenvalue weighted by molar-refractivity contribution is -0.139. The maximum absolute atomic E-state index is 10.7. The van der Waals surface area contributed by atoms with Gasteiger partial charge in [0.1, 0.15) is 5.75 Å². The Bertz CT molecular complexity index is 833. The minimum absolute atomic E-state index is 0.255. The third kappa shape index (κ3) is 3.57. The predicted octanol–water partition coefficient (Wildman–Crippen LogP) is 3.63. The summed E-state index contributed by atoms with van der Waals surface area (Å²) in [7, 11) is 0. The molecule has 2 aromatic carbocycles. The van der Waals surface area contributed by atoms with Crippen LogP contribution in [-0.4, -0.2) is 27.8 Å². The number of halogens is 1. The lowest BCUT2D eigenvalue weighted by Gasteiger charge is -2.07. The fraction of sp³-hybridized carbons (Fsp3) is 0.0625. The topological polar surface area (TPSA) is 85.5 Å². The van der Waals surface area contributed by atoms with E-state index in [2.05, 4.69) is 26.1 Å². The number of ether oxygens (including phenoxy) is 1. The Morgan fingerprint density at radius 1 is 1.22 bits per heavy atom. The van der Waals surface area contributed by atoms with Crippen molar-refractivity contribution in [3.63, 3.8) is 0 Å². The highest BCUT2D eigenvalue weighted by atomic mass is 79.9. The van der Waals surface area contributed by atoms with E-state index in [-0.39, 0.29) is 5.89 Å². The van der Waals surface area contributed by atoms with Gasteiger partial charge in [0.25, 0.3) is 5.89 Å². The van der Waals surface area contributed by atoms with Crippen LogP contribution in [0.2, 0.25) is 0 Å². The lowest BCUT2D eigenvalue weighted by atomic mass is 10.2. The van der Waals surface area contributed by atoms with E-state index in [9.17, 15) is 4.79 Å². The van der Waals surface area contributed by atoms with Crippen LogP contribution in [0.4, 0.5) is 0 Å². The molecule has 0 bridgehead atoms. The molecule has 0 saturated carbocycles. The van der Waals surface area contributed by atoms with Crippen LogP contribution in [0.5, 0.6) is 5.75 Å². The molecule has 1 heterocycles. The number of carboxylic acids is 1. The molecule has 1 aromatic heterocycles. The Hall–Kier alpha value is -2.67. The van der Waals surface area contributed by atoms with E-state index in [1.165, 1.54) is 0 Å². The van der Waals surface area contributed by atoms with E-state index in [1.54, 1.807) is 18.2 Å². The van der Waals surface area contributed by atoms with Crippen LogP contribution in [0.25, 0.3) is 22.8 Å². The van der Waals surface area contributed by atoms with Gasteiger partial charge in [-0.2, -0.15) is 4.98 Å². The van der Waals surface area contributed by atoms with Crippen LogP contribution in [0.15, 0.2) is 57.5 Å².